The molecule has 1 aliphatic rings. The third-order valence-corrected chi connectivity index (χ3v) is 0.503. The number of nitrogens with one attached hydrogen (secondary N) is 1. The zero-order valence-electron chi connectivity index (χ0n) is 3.09. The minimum absolute atomic E-state index is 0.222. The van der Waals surface area contributed by atoms with Gasteiger partial charge < -0.3 is 10.6 Å². The van der Waals surface area contributed by atoms with Gasteiger partial charge in [-0.3, -0.25) is 10.2 Å². The highest BCUT2D eigenvalue weighted by Crippen LogP contribution is 1.80. The molecule has 0 amide bonds. The maximum Gasteiger partial charge on any atom is 0.0979 e. The Hall–Kier alpha value is -0.610. The van der Waals surface area contributed by atoms with Crippen LogP contribution in [0.1, 0.15) is 0 Å². The number of nitrogens with zero attached hydrogens (tertiary/aromatic N) is 2. The van der Waals surface area contributed by atoms with Crippen molar-refractivity contribution < 1.29 is 0 Å². The van der Waals surface area contributed by atoms with Gasteiger partial charge in [0.1, 0.15) is 0 Å². The van der Waals surface area contributed by atoms with Gasteiger partial charge in [-0.25, -0.2) is 0 Å². The quantitative estimate of drug-likeness (QED) is 0.423. The summed E-state index contributed by atoms with van der Waals surface area (Å²) < 4.78 is 0. The molecule has 0 spiro atoms. The third kappa shape index (κ3) is 0.474. The highest BCUT2D eigenvalue weighted by Gasteiger charge is 1.86. The predicted molar refractivity (Wildman–Crippen MR) is 21.7 cm³/mol. The van der Waals surface area contributed by atoms with Crippen molar-refractivity contribution in [3.8, 4) is 0 Å². The molecule has 0 aromatic heterocycles. The molecule has 0 radical (unpaired) electrons. The van der Waals surface area contributed by atoms with E-state index < -0.39 is 0 Å². The van der Waals surface area contributed by atoms with Crippen LogP contribution in [0.15, 0.2) is 4.99 Å². The van der Waals surface area contributed by atoms with Crippen LogP contribution in [0.4, 0.5) is 0 Å². The van der Waals surface area contributed by atoms with Crippen molar-refractivity contribution in [1.29, 1.82) is 0 Å². The number of hydroxylamine groups is 1. The first-order valence-electron chi connectivity index (χ1n) is 1.59. The van der Waals surface area contributed by atoms with Crippen LogP contribution in [0.2, 0.25) is 0 Å². The first kappa shape index (κ1) is 3.58. The van der Waals surface area contributed by atoms with E-state index in [0.29, 0.717) is 5.17 Å². The summed E-state index contributed by atoms with van der Waals surface area (Å²) in [5.41, 5.74) is 2.31. The van der Waals surface area contributed by atoms with E-state index in [9.17, 15) is 5.21 Å². The van der Waals surface area contributed by atoms with E-state index in [0.717, 1.165) is 0 Å². The molecule has 0 aromatic carbocycles. The topological polar surface area (TPSA) is 50.7 Å². The predicted octanol–water partition coefficient (Wildman–Crippen LogP) is -0.710. The Bertz CT molecular complexity index is 63.2. The van der Waals surface area contributed by atoms with Gasteiger partial charge in [0.2, 0.25) is 0 Å². The number of hydrogen-bond donors (Lipinski definition) is 1. The molecule has 0 unspecified atom stereocenters. The minimum Gasteiger partial charge on any atom is -0.766 e. The molecular weight excluding hydrogens is 82.0 g/mol. The zero-order valence-corrected chi connectivity index (χ0v) is 3.09. The molecule has 0 saturated heterocycles. The van der Waals surface area contributed by atoms with Crippen molar-refractivity contribution in [2.45, 2.75) is 0 Å². The lowest BCUT2D eigenvalue weighted by Gasteiger charge is -2.17. The molecular formula is C2H4N3O-. The molecule has 1 rings (SSSR count). The van der Waals surface area contributed by atoms with E-state index >= 15 is 0 Å². The second-order valence-electron chi connectivity index (χ2n) is 0.961. The van der Waals surface area contributed by atoms with E-state index in [4.69, 9.17) is 0 Å². The van der Waals surface area contributed by atoms with E-state index in [1.54, 1.807) is 0 Å². The van der Waals surface area contributed by atoms with Crippen molar-refractivity contribution in [3.05, 3.63) is 5.21 Å². The van der Waals surface area contributed by atoms with Crippen LogP contribution in [0.5, 0.6) is 0 Å². The number of hydrazine groups is 1. The Morgan fingerprint density at radius 1 is 2.00 bits per heavy atom. The SMILES string of the molecule is [O-]N1CN=CN1. The summed E-state index contributed by atoms with van der Waals surface area (Å²) in [5.74, 6) is 0. The maximum atomic E-state index is 9.92. The smallest absolute Gasteiger partial charge is 0.0979 e. The van der Waals surface area contributed by atoms with E-state index in [2.05, 4.69) is 10.4 Å². The summed E-state index contributed by atoms with van der Waals surface area (Å²) in [5, 5.41) is 10.6. The van der Waals surface area contributed by atoms with Crippen LogP contribution >= 0.6 is 0 Å². The maximum absolute atomic E-state index is 9.92. The van der Waals surface area contributed by atoms with Gasteiger partial charge in [-0.05, 0) is 0 Å². The van der Waals surface area contributed by atoms with Crippen LogP contribution in [0, 0.1) is 5.21 Å². The Morgan fingerprint density at radius 2 is 2.83 bits per heavy atom. The molecule has 34 valence electrons. The molecule has 1 N–H and O–H groups in total. The monoisotopic (exact) mass is 86.0 g/mol. The van der Waals surface area contributed by atoms with Gasteiger partial charge in [0, 0.05) is 0 Å². The second kappa shape index (κ2) is 1.24. The Morgan fingerprint density at radius 3 is 3.00 bits per heavy atom. The standard InChI is InChI=1S/C2H4N3O/c6-5-2-3-1-4-5/h1H,2H2,(H,3,4)/q-1. The number of hydrogen-bond acceptors (Lipinski definition) is 4. The fourth-order valence-corrected chi connectivity index (χ4v) is 0.261. The van der Waals surface area contributed by atoms with Crippen LogP contribution in [0.3, 0.4) is 0 Å². The molecule has 1 heterocycles. The van der Waals surface area contributed by atoms with Gasteiger partial charge >= 0.3 is 0 Å². The summed E-state index contributed by atoms with van der Waals surface area (Å²) in [4.78, 5) is 3.54. The fraction of sp³-hybridized carbons (Fsp3) is 0.500. The Labute approximate surface area is 35.0 Å². The lowest BCUT2D eigenvalue weighted by Crippen LogP contribution is -2.24. The average Bonchev–Trinajstić information content (AvgIpc) is 1.86. The molecule has 0 aromatic rings. The average molecular weight is 86.1 g/mol. The van der Waals surface area contributed by atoms with Crippen molar-refractivity contribution in [2.24, 2.45) is 4.99 Å². The van der Waals surface area contributed by atoms with Crippen LogP contribution in [-0.2, 0) is 0 Å². The zero-order chi connectivity index (χ0) is 4.41. The molecule has 4 nitrogen and oxygen atoms in total. The molecule has 1 aliphatic heterocycles. The van der Waals surface area contributed by atoms with Crippen molar-refractivity contribution in [2.75, 3.05) is 6.67 Å². The van der Waals surface area contributed by atoms with Gasteiger partial charge in [-0.1, -0.05) is 0 Å². The van der Waals surface area contributed by atoms with Gasteiger partial charge in [0.15, 0.2) is 0 Å². The molecule has 6 heavy (non-hydrogen) atoms. The number of aliphatic imine (C=N–C) groups is 1. The molecule has 0 aliphatic carbocycles. The Kier molecular flexibility index (Phi) is 0.736. The lowest BCUT2D eigenvalue weighted by molar-refractivity contribution is 0.380. The molecule has 0 bridgehead atoms. The van der Waals surface area contributed by atoms with Gasteiger partial charge in [-0.2, -0.15) is 0 Å². The molecule has 4 heteroatoms. The van der Waals surface area contributed by atoms with Gasteiger partial charge in [0.25, 0.3) is 0 Å². The second-order valence-corrected chi connectivity index (χ2v) is 0.961. The van der Waals surface area contributed by atoms with Crippen LogP contribution in [0.25, 0.3) is 0 Å². The lowest BCUT2D eigenvalue weighted by atomic mass is 11.2. The summed E-state index contributed by atoms with van der Waals surface area (Å²) in [6, 6.07) is 0. The van der Waals surface area contributed by atoms with E-state index in [-0.39, 0.29) is 6.67 Å². The number of rotatable bonds is 0. The van der Waals surface area contributed by atoms with Crippen molar-refractivity contribution in [1.82, 2.24) is 10.6 Å². The first-order valence-corrected chi connectivity index (χ1v) is 1.59. The fourth-order valence-electron chi connectivity index (χ4n) is 0.261. The van der Waals surface area contributed by atoms with Gasteiger partial charge in [0.05, 0.1) is 13.0 Å². The third-order valence-electron chi connectivity index (χ3n) is 0.503. The highest BCUT2D eigenvalue weighted by molar-refractivity contribution is 5.55. The summed E-state index contributed by atoms with van der Waals surface area (Å²) in [6.45, 7) is 0.222. The highest BCUT2D eigenvalue weighted by atomic mass is 16.5. The van der Waals surface area contributed by atoms with E-state index in [1.807, 2.05) is 0 Å². The van der Waals surface area contributed by atoms with E-state index in [1.165, 1.54) is 6.34 Å². The summed E-state index contributed by atoms with van der Waals surface area (Å²) >= 11 is 0. The molecule has 0 atom stereocenters. The largest absolute Gasteiger partial charge is 0.766 e. The minimum atomic E-state index is 0.222. The summed E-state index contributed by atoms with van der Waals surface area (Å²) in [7, 11) is 0. The van der Waals surface area contributed by atoms with Crippen LogP contribution < -0.4 is 5.43 Å². The molecule has 0 saturated carbocycles. The van der Waals surface area contributed by atoms with Gasteiger partial charge in [-0.15, -0.1) is 0 Å². The normalized spacial score (nSPS) is 21.5. The van der Waals surface area contributed by atoms with Crippen molar-refractivity contribution in [3.63, 3.8) is 0 Å². The first-order chi connectivity index (χ1) is 2.89. The van der Waals surface area contributed by atoms with Crippen molar-refractivity contribution >= 4 is 6.34 Å². The molecule has 0 fully saturated rings. The van der Waals surface area contributed by atoms with Crippen LogP contribution in [-0.4, -0.2) is 18.2 Å². The Balaban J connectivity index is 2.32. The summed E-state index contributed by atoms with van der Waals surface area (Å²) in [6.07, 6.45) is 1.37.